The Balaban J connectivity index is 1.79. The number of aliphatic carboxylic acids is 1. The van der Waals surface area contributed by atoms with Crippen molar-refractivity contribution in [3.8, 4) is 0 Å². The molecule has 0 radical (unpaired) electrons. The molecule has 13 heteroatoms. The monoisotopic (exact) mass is 607 g/mol. The molecule has 4 atom stereocenters. The number of nitrogens with two attached hydrogens (primary N) is 3. The van der Waals surface area contributed by atoms with E-state index in [0.29, 0.717) is 24.9 Å². The van der Waals surface area contributed by atoms with Crippen LogP contribution in [-0.2, 0) is 36.8 Å². The maximum Gasteiger partial charge on any atom is 0.326 e. The minimum Gasteiger partial charge on any atom is -0.480 e. The second-order valence-electron chi connectivity index (χ2n) is 10.7. The lowest BCUT2D eigenvalue weighted by atomic mass is 10.0. The smallest absolute Gasteiger partial charge is 0.326 e. The van der Waals surface area contributed by atoms with E-state index in [9.17, 15) is 29.1 Å². The number of fused-ring (bicyclic) bond motifs is 1. The predicted octanol–water partition coefficient (Wildman–Crippen LogP) is 0.214. The molecule has 0 aliphatic rings. The Morgan fingerprint density at radius 2 is 1.41 bits per heavy atom. The highest BCUT2D eigenvalue weighted by molar-refractivity contribution is 5.94. The Kier molecular flexibility index (Phi) is 12.9. The quantitative estimate of drug-likeness (QED) is 0.0929. The third kappa shape index (κ3) is 10.2. The number of aromatic nitrogens is 1. The Labute approximate surface area is 255 Å². The maximum atomic E-state index is 13.6. The average Bonchev–Trinajstić information content (AvgIpc) is 3.41. The number of H-pyrrole nitrogens is 1. The molecule has 4 unspecified atom stereocenters. The summed E-state index contributed by atoms with van der Waals surface area (Å²) in [6.07, 6.45) is 3.01. The molecule has 0 aliphatic heterocycles. The van der Waals surface area contributed by atoms with Crippen molar-refractivity contribution in [2.75, 3.05) is 6.54 Å². The molecule has 0 bridgehead atoms. The highest BCUT2D eigenvalue weighted by Crippen LogP contribution is 2.19. The fraction of sp³-hybridized carbons (Fsp3) is 0.387. The lowest BCUT2D eigenvalue weighted by molar-refractivity contribution is -0.142. The molecule has 4 amide bonds. The van der Waals surface area contributed by atoms with Crippen LogP contribution in [0.15, 0.2) is 60.8 Å². The maximum absolute atomic E-state index is 13.6. The number of benzene rings is 2. The summed E-state index contributed by atoms with van der Waals surface area (Å²) in [5.41, 5.74) is 18.9. The zero-order valence-electron chi connectivity index (χ0n) is 24.5. The first kappa shape index (κ1) is 33.7. The van der Waals surface area contributed by atoms with Crippen molar-refractivity contribution in [3.63, 3.8) is 0 Å². The molecular weight excluding hydrogens is 566 g/mol. The summed E-state index contributed by atoms with van der Waals surface area (Å²) in [5.74, 6) is -3.82. The van der Waals surface area contributed by atoms with Gasteiger partial charge in [0.2, 0.25) is 23.6 Å². The van der Waals surface area contributed by atoms with Crippen molar-refractivity contribution in [1.29, 1.82) is 0 Å². The Bertz CT molecular complexity index is 1430. The minimum absolute atomic E-state index is 0.00432. The molecule has 1 heterocycles. The number of carboxylic acids is 1. The SMILES string of the molecule is NCCCCC(NC(=O)C(N)CCC(N)=O)C(=O)NC(Cc1ccccc1)C(=O)NC(Cc1c[nH]c2ccccc12)C(=O)O. The number of hydrogen-bond donors (Lipinski definition) is 8. The van der Waals surface area contributed by atoms with Gasteiger partial charge in [0.1, 0.15) is 18.1 Å². The number of rotatable bonds is 18. The van der Waals surface area contributed by atoms with Crippen molar-refractivity contribution in [2.24, 2.45) is 17.2 Å². The van der Waals surface area contributed by atoms with Crippen molar-refractivity contribution in [3.05, 3.63) is 71.9 Å². The van der Waals surface area contributed by atoms with Crippen LogP contribution in [0.4, 0.5) is 0 Å². The third-order valence-electron chi connectivity index (χ3n) is 7.25. The number of primary amides is 1. The lowest BCUT2D eigenvalue weighted by Gasteiger charge is -2.25. The van der Waals surface area contributed by atoms with Gasteiger partial charge in [-0.1, -0.05) is 48.5 Å². The van der Waals surface area contributed by atoms with Crippen LogP contribution in [-0.4, -0.2) is 70.4 Å². The van der Waals surface area contributed by atoms with E-state index in [0.717, 1.165) is 16.5 Å². The summed E-state index contributed by atoms with van der Waals surface area (Å²) in [4.78, 5) is 66.3. The predicted molar refractivity (Wildman–Crippen MR) is 165 cm³/mol. The normalized spacial score (nSPS) is 13.8. The third-order valence-corrected chi connectivity index (χ3v) is 7.25. The second-order valence-corrected chi connectivity index (χ2v) is 10.7. The molecule has 0 spiro atoms. The van der Waals surface area contributed by atoms with Gasteiger partial charge in [0.25, 0.3) is 0 Å². The summed E-state index contributed by atoms with van der Waals surface area (Å²) in [6.45, 7) is 0.381. The number of aromatic amines is 1. The van der Waals surface area contributed by atoms with Gasteiger partial charge in [-0.25, -0.2) is 4.79 Å². The first-order valence-electron chi connectivity index (χ1n) is 14.6. The first-order valence-corrected chi connectivity index (χ1v) is 14.6. The standard InChI is InChI=1S/C31H41N7O6/c32-15-7-6-12-24(36-28(40)22(33)13-14-27(34)39)29(41)37-25(16-19-8-2-1-3-9-19)30(42)38-26(31(43)44)17-20-18-35-23-11-5-4-10-21(20)23/h1-5,8-11,18,22,24-26,35H,6-7,12-17,32-33H2,(H2,34,39)(H,36,40)(H,37,41)(H,38,42)(H,43,44). The van der Waals surface area contributed by atoms with E-state index in [1.54, 1.807) is 30.5 Å². The van der Waals surface area contributed by atoms with E-state index < -0.39 is 53.8 Å². The molecular formula is C31H41N7O6. The number of amides is 4. The zero-order chi connectivity index (χ0) is 32.1. The van der Waals surface area contributed by atoms with Gasteiger partial charge in [-0.3, -0.25) is 19.2 Å². The summed E-state index contributed by atoms with van der Waals surface area (Å²) < 4.78 is 0. The Morgan fingerprint density at radius 3 is 2.09 bits per heavy atom. The van der Waals surface area contributed by atoms with Gasteiger partial charge in [-0.2, -0.15) is 0 Å². The topological polar surface area (TPSA) is 236 Å². The molecule has 0 aliphatic carbocycles. The largest absolute Gasteiger partial charge is 0.480 e. The zero-order valence-corrected chi connectivity index (χ0v) is 24.5. The number of carbonyl (C=O) groups excluding carboxylic acids is 4. The van der Waals surface area contributed by atoms with Crippen molar-refractivity contribution >= 4 is 40.5 Å². The van der Waals surface area contributed by atoms with Crippen molar-refractivity contribution in [2.45, 2.75) is 69.1 Å². The van der Waals surface area contributed by atoms with Crippen LogP contribution < -0.4 is 33.2 Å². The molecule has 236 valence electrons. The lowest BCUT2D eigenvalue weighted by Crippen LogP contribution is -2.57. The average molecular weight is 608 g/mol. The first-order chi connectivity index (χ1) is 21.1. The Hall–Kier alpha value is -4.75. The highest BCUT2D eigenvalue weighted by atomic mass is 16.4. The van der Waals surface area contributed by atoms with Crippen LogP contribution in [0.5, 0.6) is 0 Å². The fourth-order valence-corrected chi connectivity index (χ4v) is 4.79. The number of carbonyl (C=O) groups is 5. The van der Waals surface area contributed by atoms with Gasteiger partial charge < -0.3 is 43.2 Å². The van der Waals surface area contributed by atoms with Gasteiger partial charge >= 0.3 is 5.97 Å². The van der Waals surface area contributed by atoms with E-state index in [1.165, 1.54) is 0 Å². The molecule has 0 saturated heterocycles. The molecule has 3 rings (SSSR count). The highest BCUT2D eigenvalue weighted by Gasteiger charge is 2.31. The number of nitrogens with one attached hydrogen (secondary N) is 4. The number of hydrogen-bond acceptors (Lipinski definition) is 7. The summed E-state index contributed by atoms with van der Waals surface area (Å²) in [7, 11) is 0. The van der Waals surface area contributed by atoms with Gasteiger partial charge in [-0.15, -0.1) is 0 Å². The number of para-hydroxylation sites is 1. The van der Waals surface area contributed by atoms with E-state index in [-0.39, 0.29) is 32.1 Å². The van der Waals surface area contributed by atoms with Crippen LogP contribution in [0.25, 0.3) is 10.9 Å². The van der Waals surface area contributed by atoms with E-state index in [1.807, 2.05) is 30.3 Å². The molecule has 2 aromatic carbocycles. The molecule has 0 fully saturated rings. The van der Waals surface area contributed by atoms with Gasteiger partial charge in [0.15, 0.2) is 0 Å². The van der Waals surface area contributed by atoms with Crippen LogP contribution >= 0.6 is 0 Å². The van der Waals surface area contributed by atoms with Gasteiger partial charge in [-0.05, 0) is 49.4 Å². The summed E-state index contributed by atoms with van der Waals surface area (Å²) in [6, 6.07) is 11.8. The number of carboxylic acid groups (broad SMARTS) is 1. The van der Waals surface area contributed by atoms with E-state index >= 15 is 0 Å². The second kappa shape index (κ2) is 16.8. The molecule has 13 nitrogen and oxygen atoms in total. The molecule has 3 aromatic rings. The molecule has 11 N–H and O–H groups in total. The van der Waals surface area contributed by atoms with Gasteiger partial charge in [0.05, 0.1) is 6.04 Å². The fourth-order valence-electron chi connectivity index (χ4n) is 4.79. The van der Waals surface area contributed by atoms with Crippen LogP contribution in [0, 0.1) is 0 Å². The Morgan fingerprint density at radius 1 is 0.773 bits per heavy atom. The van der Waals surface area contributed by atoms with Gasteiger partial charge in [0, 0.05) is 36.4 Å². The van der Waals surface area contributed by atoms with Crippen LogP contribution in [0.1, 0.15) is 43.2 Å². The molecule has 44 heavy (non-hydrogen) atoms. The molecule has 0 saturated carbocycles. The minimum atomic E-state index is -1.28. The summed E-state index contributed by atoms with van der Waals surface area (Å²) in [5, 5.41) is 18.7. The summed E-state index contributed by atoms with van der Waals surface area (Å²) >= 11 is 0. The van der Waals surface area contributed by atoms with E-state index in [4.69, 9.17) is 17.2 Å². The number of unbranched alkanes of at least 4 members (excludes halogenated alkanes) is 1. The van der Waals surface area contributed by atoms with Crippen LogP contribution in [0.2, 0.25) is 0 Å². The van der Waals surface area contributed by atoms with Crippen molar-refractivity contribution < 1.29 is 29.1 Å². The van der Waals surface area contributed by atoms with Crippen LogP contribution in [0.3, 0.4) is 0 Å². The van der Waals surface area contributed by atoms with E-state index in [2.05, 4.69) is 20.9 Å². The molecule has 1 aromatic heterocycles. The van der Waals surface area contributed by atoms with Crippen molar-refractivity contribution in [1.82, 2.24) is 20.9 Å².